The predicted molar refractivity (Wildman–Crippen MR) is 52.3 cm³/mol. The van der Waals surface area contributed by atoms with E-state index in [1.807, 2.05) is 0 Å². The van der Waals surface area contributed by atoms with Gasteiger partial charge in [-0.25, -0.2) is 0 Å². The van der Waals surface area contributed by atoms with Crippen LogP contribution in [0.25, 0.3) is 0 Å². The van der Waals surface area contributed by atoms with E-state index < -0.39 is 0 Å². The number of aryl methyl sites for hydroxylation is 1. The number of hydrogen-bond acceptors (Lipinski definition) is 2. The quantitative estimate of drug-likeness (QED) is 0.620. The molecule has 2 nitrogen and oxygen atoms in total. The van der Waals surface area contributed by atoms with Crippen molar-refractivity contribution in [2.24, 2.45) is 0 Å². The lowest BCUT2D eigenvalue weighted by atomic mass is 9.95. The topological polar surface area (TPSA) is 33.0 Å². The summed E-state index contributed by atoms with van der Waals surface area (Å²) < 4.78 is 5.51. The molecule has 2 aliphatic rings. The Morgan fingerprint density at radius 2 is 2.29 bits per heavy atom. The number of rotatable bonds is 0. The zero-order valence-corrected chi connectivity index (χ0v) is 7.92. The van der Waals surface area contributed by atoms with E-state index in [9.17, 15) is 0 Å². The predicted octanol–water partition coefficient (Wildman–Crippen LogP) is 2.17. The molecule has 1 unspecified atom stereocenters. The average molecular weight is 185 g/mol. The molecule has 0 aromatic heterocycles. The van der Waals surface area contributed by atoms with Crippen LogP contribution >= 0.6 is 0 Å². The van der Waals surface area contributed by atoms with Gasteiger partial charge in [-0.05, 0) is 30.0 Å². The minimum atomic E-state index is 0.113. The van der Waals surface area contributed by atoms with Crippen LogP contribution in [0.2, 0.25) is 0 Å². The second-order valence-corrected chi connectivity index (χ2v) is 3.93. The van der Waals surface area contributed by atoms with E-state index in [1.165, 1.54) is 16.7 Å². The second kappa shape index (κ2) is 2.75. The fraction of sp³-hybridized carbons (Fsp3) is 0.417. The number of benzene rings is 1. The monoisotopic (exact) mass is 185 g/mol. The van der Waals surface area contributed by atoms with Crippen LogP contribution in [0.5, 0.6) is 5.75 Å². The van der Waals surface area contributed by atoms with Crippen molar-refractivity contribution >= 4 is 0 Å². The Hall–Kier alpha value is -1.49. The van der Waals surface area contributed by atoms with Gasteiger partial charge in [0.15, 0.2) is 0 Å². The molecule has 70 valence electrons. The molecule has 0 amide bonds. The average Bonchev–Trinajstić information content (AvgIpc) is 2.82. The number of ether oxygens (including phenoxy) is 1. The second-order valence-electron chi connectivity index (χ2n) is 3.93. The number of fused-ring (bicyclic) bond motifs is 3. The van der Waals surface area contributed by atoms with Gasteiger partial charge in [0.05, 0.1) is 18.6 Å². The summed E-state index contributed by atoms with van der Waals surface area (Å²) in [4.78, 5) is 0. The van der Waals surface area contributed by atoms with Crippen LogP contribution < -0.4 is 4.74 Å². The van der Waals surface area contributed by atoms with Crippen LogP contribution in [0.1, 0.15) is 29.0 Å². The van der Waals surface area contributed by atoms with Crippen molar-refractivity contribution in [2.45, 2.75) is 25.2 Å². The summed E-state index contributed by atoms with van der Waals surface area (Å²) in [5.41, 5.74) is 3.94. The van der Waals surface area contributed by atoms with Gasteiger partial charge in [0, 0.05) is 12.0 Å². The Morgan fingerprint density at radius 1 is 1.36 bits per heavy atom. The molecule has 0 saturated carbocycles. The fourth-order valence-electron chi connectivity index (χ4n) is 2.57. The highest BCUT2D eigenvalue weighted by atomic mass is 16.5. The van der Waals surface area contributed by atoms with Crippen LogP contribution in [-0.2, 0) is 12.8 Å². The van der Waals surface area contributed by atoms with E-state index in [2.05, 4.69) is 18.2 Å². The van der Waals surface area contributed by atoms with E-state index in [-0.39, 0.29) is 5.92 Å². The summed E-state index contributed by atoms with van der Waals surface area (Å²) >= 11 is 0. The maximum Gasteiger partial charge on any atom is 0.122 e. The smallest absolute Gasteiger partial charge is 0.122 e. The summed E-state index contributed by atoms with van der Waals surface area (Å²) in [6, 6.07) is 6.57. The minimum Gasteiger partial charge on any atom is -0.493 e. The van der Waals surface area contributed by atoms with E-state index in [0.717, 1.165) is 31.6 Å². The van der Waals surface area contributed by atoms with Gasteiger partial charge in [-0.3, -0.25) is 0 Å². The van der Waals surface area contributed by atoms with Gasteiger partial charge in [-0.15, -0.1) is 0 Å². The van der Waals surface area contributed by atoms with Gasteiger partial charge in [0.25, 0.3) is 0 Å². The molecule has 0 radical (unpaired) electrons. The lowest BCUT2D eigenvalue weighted by Crippen LogP contribution is -1.94. The fourth-order valence-corrected chi connectivity index (χ4v) is 2.57. The molecule has 3 rings (SSSR count). The number of nitriles is 1. The molecule has 14 heavy (non-hydrogen) atoms. The number of hydrogen-bond donors (Lipinski definition) is 0. The van der Waals surface area contributed by atoms with Gasteiger partial charge in [0.1, 0.15) is 5.75 Å². The van der Waals surface area contributed by atoms with Crippen LogP contribution in [-0.4, -0.2) is 6.61 Å². The molecule has 1 heterocycles. The van der Waals surface area contributed by atoms with Crippen molar-refractivity contribution in [1.29, 1.82) is 5.26 Å². The largest absolute Gasteiger partial charge is 0.493 e. The van der Waals surface area contributed by atoms with Crippen molar-refractivity contribution in [3.05, 3.63) is 28.8 Å². The maximum atomic E-state index is 9.05. The first-order valence-electron chi connectivity index (χ1n) is 5.07. The summed E-state index contributed by atoms with van der Waals surface area (Å²) in [7, 11) is 0. The van der Waals surface area contributed by atoms with Gasteiger partial charge in [0.2, 0.25) is 0 Å². The molecule has 0 saturated heterocycles. The number of nitrogens with zero attached hydrogens (tertiary/aromatic N) is 1. The van der Waals surface area contributed by atoms with Crippen molar-refractivity contribution in [2.75, 3.05) is 6.61 Å². The normalized spacial score (nSPS) is 22.4. The van der Waals surface area contributed by atoms with Gasteiger partial charge < -0.3 is 4.74 Å². The molecular formula is C12H11NO. The summed E-state index contributed by atoms with van der Waals surface area (Å²) in [5, 5.41) is 9.05. The third-order valence-corrected chi connectivity index (χ3v) is 3.22. The van der Waals surface area contributed by atoms with Crippen molar-refractivity contribution < 1.29 is 4.74 Å². The van der Waals surface area contributed by atoms with Gasteiger partial charge >= 0.3 is 0 Å². The highest BCUT2D eigenvalue weighted by molar-refractivity contribution is 5.52. The summed E-state index contributed by atoms with van der Waals surface area (Å²) in [6.07, 6.45) is 3.03. The Morgan fingerprint density at radius 3 is 3.14 bits per heavy atom. The molecule has 0 N–H and O–H groups in total. The van der Waals surface area contributed by atoms with Crippen molar-refractivity contribution in [3.8, 4) is 11.8 Å². The molecule has 1 aliphatic heterocycles. The molecule has 0 fully saturated rings. The lowest BCUT2D eigenvalue weighted by molar-refractivity contribution is 0.357. The first-order valence-corrected chi connectivity index (χ1v) is 5.07. The molecule has 1 aromatic carbocycles. The third-order valence-electron chi connectivity index (χ3n) is 3.22. The van der Waals surface area contributed by atoms with Gasteiger partial charge in [-0.2, -0.15) is 5.26 Å². The Balaban J connectivity index is 2.22. The zero-order valence-electron chi connectivity index (χ0n) is 7.92. The van der Waals surface area contributed by atoms with E-state index >= 15 is 0 Å². The lowest BCUT2D eigenvalue weighted by Gasteiger charge is -2.07. The molecule has 2 heteroatoms. The Kier molecular flexibility index (Phi) is 1.55. The van der Waals surface area contributed by atoms with Crippen LogP contribution in [0.15, 0.2) is 12.1 Å². The SMILES string of the molecule is N#CC1CCc2ccc3c(c21)CCO3. The summed E-state index contributed by atoms with van der Waals surface area (Å²) in [5.74, 6) is 1.12. The van der Waals surface area contributed by atoms with Crippen molar-refractivity contribution in [3.63, 3.8) is 0 Å². The first kappa shape index (κ1) is 7.87. The third kappa shape index (κ3) is 0.899. The first-order chi connectivity index (χ1) is 6.90. The molecule has 0 bridgehead atoms. The highest BCUT2D eigenvalue weighted by Crippen LogP contribution is 2.41. The molecular weight excluding hydrogens is 174 g/mol. The van der Waals surface area contributed by atoms with Crippen molar-refractivity contribution in [1.82, 2.24) is 0 Å². The van der Waals surface area contributed by atoms with Gasteiger partial charge in [-0.1, -0.05) is 6.07 Å². The van der Waals surface area contributed by atoms with Crippen LogP contribution in [0, 0.1) is 11.3 Å². The maximum absolute atomic E-state index is 9.05. The minimum absolute atomic E-state index is 0.113. The van der Waals surface area contributed by atoms with E-state index in [4.69, 9.17) is 10.00 Å². The molecule has 0 spiro atoms. The highest BCUT2D eigenvalue weighted by Gasteiger charge is 2.29. The molecule has 1 aromatic rings. The van der Waals surface area contributed by atoms with E-state index in [1.54, 1.807) is 0 Å². The summed E-state index contributed by atoms with van der Waals surface area (Å²) in [6.45, 7) is 0.782. The van der Waals surface area contributed by atoms with Crippen LogP contribution in [0.3, 0.4) is 0 Å². The standard InChI is InChI=1S/C12H11NO/c13-7-9-2-1-8-3-4-11-10(12(8)9)5-6-14-11/h3-4,9H,1-2,5-6H2. The zero-order chi connectivity index (χ0) is 9.54. The molecule has 1 atom stereocenters. The molecule has 1 aliphatic carbocycles. The Bertz CT molecular complexity index is 431. The Labute approximate surface area is 83.1 Å². The van der Waals surface area contributed by atoms with Crippen LogP contribution in [0.4, 0.5) is 0 Å². The van der Waals surface area contributed by atoms with E-state index in [0.29, 0.717) is 0 Å².